The molecular formula is C12H26N2. The fourth-order valence-corrected chi connectivity index (χ4v) is 2.67. The molecule has 1 saturated heterocycles. The average molecular weight is 198 g/mol. The van der Waals surface area contributed by atoms with Crippen molar-refractivity contribution in [1.29, 1.82) is 0 Å². The molecule has 0 saturated carbocycles. The maximum Gasteiger partial charge on any atom is 0.0120 e. The Hall–Kier alpha value is -0.0800. The van der Waals surface area contributed by atoms with E-state index in [4.69, 9.17) is 0 Å². The van der Waals surface area contributed by atoms with Crippen LogP contribution in [0.15, 0.2) is 0 Å². The minimum Gasteiger partial charge on any atom is -0.314 e. The van der Waals surface area contributed by atoms with E-state index in [0.29, 0.717) is 12.1 Å². The van der Waals surface area contributed by atoms with Crippen LogP contribution in [0.3, 0.4) is 0 Å². The second kappa shape index (κ2) is 5.13. The lowest BCUT2D eigenvalue weighted by atomic mass is 9.86. The predicted octanol–water partition coefficient (Wildman–Crippen LogP) is 2.10. The van der Waals surface area contributed by atoms with Gasteiger partial charge in [-0.1, -0.05) is 13.8 Å². The van der Waals surface area contributed by atoms with Gasteiger partial charge in [-0.2, -0.15) is 0 Å². The van der Waals surface area contributed by atoms with Crippen LogP contribution in [0, 0.1) is 5.92 Å². The third kappa shape index (κ3) is 2.48. The van der Waals surface area contributed by atoms with Gasteiger partial charge in [0.05, 0.1) is 0 Å². The van der Waals surface area contributed by atoms with E-state index >= 15 is 0 Å². The zero-order valence-electron chi connectivity index (χ0n) is 10.4. The lowest BCUT2D eigenvalue weighted by molar-refractivity contribution is 0.0596. The maximum absolute atomic E-state index is 3.60. The summed E-state index contributed by atoms with van der Waals surface area (Å²) in [6.45, 7) is 13.9. The van der Waals surface area contributed by atoms with Crippen molar-refractivity contribution >= 4 is 0 Å². The van der Waals surface area contributed by atoms with E-state index in [1.807, 2.05) is 0 Å². The first-order chi connectivity index (χ1) is 6.57. The molecule has 1 rings (SSSR count). The minimum atomic E-state index is 0.690. The molecule has 0 bridgehead atoms. The number of rotatable bonds is 3. The fraction of sp³-hybridized carbons (Fsp3) is 1.00. The summed E-state index contributed by atoms with van der Waals surface area (Å²) in [4.78, 5) is 2.62. The standard InChI is InChI=1S/C12H26N2/c1-6-13-12-7-8-14(9(2)3)11(5)10(12)4/h9-13H,6-8H2,1-5H3. The summed E-state index contributed by atoms with van der Waals surface area (Å²) in [5.41, 5.74) is 0. The molecule has 0 aromatic rings. The van der Waals surface area contributed by atoms with Gasteiger partial charge >= 0.3 is 0 Å². The number of hydrogen-bond acceptors (Lipinski definition) is 2. The molecule has 1 N–H and O–H groups in total. The molecule has 0 spiro atoms. The first kappa shape index (κ1) is 12.0. The van der Waals surface area contributed by atoms with Crippen LogP contribution in [0.1, 0.15) is 41.0 Å². The van der Waals surface area contributed by atoms with Crippen molar-refractivity contribution in [3.05, 3.63) is 0 Å². The van der Waals surface area contributed by atoms with Crippen molar-refractivity contribution in [2.45, 2.75) is 59.2 Å². The first-order valence-corrected chi connectivity index (χ1v) is 6.07. The third-order valence-electron chi connectivity index (χ3n) is 3.75. The van der Waals surface area contributed by atoms with Crippen LogP contribution in [0.2, 0.25) is 0 Å². The lowest BCUT2D eigenvalue weighted by Gasteiger charge is -2.45. The highest BCUT2D eigenvalue weighted by Crippen LogP contribution is 2.25. The van der Waals surface area contributed by atoms with Crippen molar-refractivity contribution in [2.75, 3.05) is 13.1 Å². The molecule has 0 aromatic carbocycles. The van der Waals surface area contributed by atoms with Gasteiger partial charge < -0.3 is 5.32 Å². The van der Waals surface area contributed by atoms with Crippen LogP contribution in [0.5, 0.6) is 0 Å². The Morgan fingerprint density at radius 1 is 1.36 bits per heavy atom. The number of nitrogens with zero attached hydrogens (tertiary/aromatic N) is 1. The average Bonchev–Trinajstić information content (AvgIpc) is 2.13. The molecule has 14 heavy (non-hydrogen) atoms. The minimum absolute atomic E-state index is 0.690. The van der Waals surface area contributed by atoms with Crippen molar-refractivity contribution in [3.63, 3.8) is 0 Å². The van der Waals surface area contributed by atoms with Gasteiger partial charge in [-0.25, -0.2) is 0 Å². The molecule has 0 aliphatic carbocycles. The highest BCUT2D eigenvalue weighted by molar-refractivity contribution is 4.89. The summed E-state index contributed by atoms with van der Waals surface area (Å²) in [6.07, 6.45) is 1.30. The van der Waals surface area contributed by atoms with E-state index in [-0.39, 0.29) is 0 Å². The smallest absolute Gasteiger partial charge is 0.0120 e. The largest absolute Gasteiger partial charge is 0.314 e. The van der Waals surface area contributed by atoms with E-state index in [2.05, 4.69) is 44.8 Å². The summed E-state index contributed by atoms with van der Waals surface area (Å²) in [5.74, 6) is 0.770. The lowest BCUT2D eigenvalue weighted by Crippen LogP contribution is -2.55. The number of likely N-dealkylation sites (tertiary alicyclic amines) is 1. The highest BCUT2D eigenvalue weighted by atomic mass is 15.2. The van der Waals surface area contributed by atoms with E-state index in [9.17, 15) is 0 Å². The number of nitrogens with one attached hydrogen (secondary N) is 1. The Balaban J connectivity index is 2.55. The Morgan fingerprint density at radius 3 is 2.50 bits per heavy atom. The second-order valence-electron chi connectivity index (χ2n) is 4.88. The summed E-state index contributed by atoms with van der Waals surface area (Å²) < 4.78 is 0. The molecule has 2 nitrogen and oxygen atoms in total. The quantitative estimate of drug-likeness (QED) is 0.747. The summed E-state index contributed by atoms with van der Waals surface area (Å²) in [6, 6.07) is 2.13. The molecule has 84 valence electrons. The van der Waals surface area contributed by atoms with E-state index in [1.54, 1.807) is 0 Å². The molecule has 0 aromatic heterocycles. The molecule has 1 aliphatic rings. The molecule has 1 aliphatic heterocycles. The zero-order chi connectivity index (χ0) is 10.7. The maximum atomic E-state index is 3.60. The highest BCUT2D eigenvalue weighted by Gasteiger charge is 2.32. The first-order valence-electron chi connectivity index (χ1n) is 6.07. The van der Waals surface area contributed by atoms with Gasteiger partial charge in [0.25, 0.3) is 0 Å². The Bertz CT molecular complexity index is 168. The number of piperidine rings is 1. The SMILES string of the molecule is CCNC1CCN(C(C)C)C(C)C1C. The van der Waals surface area contributed by atoms with E-state index in [1.165, 1.54) is 13.0 Å². The predicted molar refractivity (Wildman–Crippen MR) is 62.5 cm³/mol. The molecular weight excluding hydrogens is 172 g/mol. The van der Waals surface area contributed by atoms with E-state index < -0.39 is 0 Å². The Labute approximate surface area is 89.1 Å². The second-order valence-corrected chi connectivity index (χ2v) is 4.88. The van der Waals surface area contributed by atoms with E-state index in [0.717, 1.165) is 18.5 Å². The molecule has 0 amide bonds. The molecule has 1 heterocycles. The zero-order valence-corrected chi connectivity index (χ0v) is 10.4. The molecule has 0 radical (unpaired) electrons. The van der Waals surface area contributed by atoms with Gasteiger partial charge in [-0.3, -0.25) is 4.90 Å². The summed E-state index contributed by atoms with van der Waals surface area (Å²) in [5, 5.41) is 3.60. The van der Waals surface area contributed by atoms with Crippen LogP contribution < -0.4 is 5.32 Å². The van der Waals surface area contributed by atoms with Crippen molar-refractivity contribution in [3.8, 4) is 0 Å². The Morgan fingerprint density at radius 2 is 2.00 bits per heavy atom. The van der Waals surface area contributed by atoms with Crippen molar-refractivity contribution in [1.82, 2.24) is 10.2 Å². The molecule has 3 unspecified atom stereocenters. The van der Waals surface area contributed by atoms with Crippen molar-refractivity contribution in [2.24, 2.45) is 5.92 Å². The van der Waals surface area contributed by atoms with Gasteiger partial charge in [0.2, 0.25) is 0 Å². The summed E-state index contributed by atoms with van der Waals surface area (Å²) >= 11 is 0. The van der Waals surface area contributed by atoms with Crippen LogP contribution in [0.25, 0.3) is 0 Å². The molecule has 3 atom stereocenters. The third-order valence-corrected chi connectivity index (χ3v) is 3.75. The van der Waals surface area contributed by atoms with Crippen LogP contribution in [0.4, 0.5) is 0 Å². The normalized spacial score (nSPS) is 35.1. The van der Waals surface area contributed by atoms with Gasteiger partial charge in [-0.05, 0) is 39.7 Å². The van der Waals surface area contributed by atoms with Crippen LogP contribution in [-0.2, 0) is 0 Å². The summed E-state index contributed by atoms with van der Waals surface area (Å²) in [7, 11) is 0. The molecule has 2 heteroatoms. The van der Waals surface area contributed by atoms with Crippen LogP contribution >= 0.6 is 0 Å². The van der Waals surface area contributed by atoms with Gasteiger partial charge in [0, 0.05) is 24.7 Å². The number of hydrogen-bond donors (Lipinski definition) is 1. The Kier molecular flexibility index (Phi) is 4.39. The topological polar surface area (TPSA) is 15.3 Å². The fourth-order valence-electron chi connectivity index (χ4n) is 2.67. The monoisotopic (exact) mass is 198 g/mol. The van der Waals surface area contributed by atoms with Gasteiger partial charge in [0.1, 0.15) is 0 Å². The molecule has 1 fully saturated rings. The van der Waals surface area contributed by atoms with Crippen LogP contribution in [-0.4, -0.2) is 36.1 Å². The van der Waals surface area contributed by atoms with Gasteiger partial charge in [0.15, 0.2) is 0 Å². The van der Waals surface area contributed by atoms with Gasteiger partial charge in [-0.15, -0.1) is 0 Å². The van der Waals surface area contributed by atoms with Crippen molar-refractivity contribution < 1.29 is 0 Å².